The fourth-order valence-electron chi connectivity index (χ4n) is 3.72. The number of para-hydroxylation sites is 1. The summed E-state index contributed by atoms with van der Waals surface area (Å²) in [5.74, 6) is 0.0784. The lowest BCUT2D eigenvalue weighted by molar-refractivity contribution is -0.126. The van der Waals surface area contributed by atoms with Crippen LogP contribution in [0.4, 0.5) is 10.8 Å². The van der Waals surface area contributed by atoms with Crippen LogP contribution in [0.5, 0.6) is 0 Å². The van der Waals surface area contributed by atoms with Crippen molar-refractivity contribution in [2.75, 3.05) is 4.90 Å². The van der Waals surface area contributed by atoms with Gasteiger partial charge >= 0.3 is 0 Å². The van der Waals surface area contributed by atoms with Gasteiger partial charge in [-0.05, 0) is 48.1 Å². The summed E-state index contributed by atoms with van der Waals surface area (Å²) in [4.78, 5) is 15.4. The van der Waals surface area contributed by atoms with E-state index in [1.165, 1.54) is 28.0 Å². The topological polar surface area (TPSA) is 46.1 Å². The van der Waals surface area contributed by atoms with E-state index < -0.39 is 5.41 Å². The second-order valence-corrected chi connectivity index (χ2v) is 7.88. The summed E-state index contributed by atoms with van der Waals surface area (Å²) in [5.41, 5.74) is 5.92. The number of hydrogen-bond acceptors (Lipinski definition) is 4. The van der Waals surface area contributed by atoms with Gasteiger partial charge in [0.25, 0.3) is 0 Å². The molecule has 2 aromatic carbocycles. The Morgan fingerprint density at radius 3 is 2.62 bits per heavy atom. The number of aromatic nitrogens is 2. The first-order valence-electron chi connectivity index (χ1n) is 8.87. The summed E-state index contributed by atoms with van der Waals surface area (Å²) in [6.45, 7) is 4.23. The second kappa shape index (κ2) is 6.65. The number of rotatable bonds is 4. The van der Waals surface area contributed by atoms with Crippen LogP contribution >= 0.6 is 11.3 Å². The maximum Gasteiger partial charge on any atom is 0.240 e. The minimum absolute atomic E-state index is 0.0784. The zero-order chi connectivity index (χ0) is 18.1. The lowest BCUT2D eigenvalue weighted by atomic mass is 9.85. The van der Waals surface area contributed by atoms with E-state index in [9.17, 15) is 4.79 Å². The minimum Gasteiger partial charge on any atom is -0.273 e. The lowest BCUT2D eigenvalue weighted by Gasteiger charge is -2.29. The van der Waals surface area contributed by atoms with E-state index in [1.54, 1.807) is 10.4 Å². The molecule has 5 heteroatoms. The third-order valence-corrected chi connectivity index (χ3v) is 5.79. The smallest absolute Gasteiger partial charge is 0.240 e. The summed E-state index contributed by atoms with van der Waals surface area (Å²) in [6.07, 6.45) is 2.53. The van der Waals surface area contributed by atoms with Crippen molar-refractivity contribution in [3.63, 3.8) is 0 Å². The monoisotopic (exact) mass is 363 g/mol. The van der Waals surface area contributed by atoms with Crippen LogP contribution in [0.15, 0.2) is 54.0 Å². The molecular weight excluding hydrogens is 342 g/mol. The largest absolute Gasteiger partial charge is 0.273 e. The van der Waals surface area contributed by atoms with Crippen LogP contribution in [-0.4, -0.2) is 16.1 Å². The van der Waals surface area contributed by atoms with E-state index in [1.807, 2.05) is 30.3 Å². The normalized spacial score (nSPS) is 18.5. The highest BCUT2D eigenvalue weighted by Gasteiger charge is 2.43. The fraction of sp³-hybridized carbons (Fsp3) is 0.286. The first-order valence-corrected chi connectivity index (χ1v) is 9.75. The molecule has 1 aliphatic carbocycles. The number of fused-ring (bicyclic) bond motifs is 1. The molecule has 1 heterocycles. The Kier molecular flexibility index (Phi) is 4.32. The van der Waals surface area contributed by atoms with Crippen molar-refractivity contribution in [2.45, 2.75) is 33.1 Å². The zero-order valence-corrected chi connectivity index (χ0v) is 15.8. The van der Waals surface area contributed by atoms with Crippen molar-refractivity contribution in [3.8, 4) is 0 Å². The fourth-order valence-corrected chi connectivity index (χ4v) is 4.29. The second-order valence-electron chi connectivity index (χ2n) is 7.07. The highest BCUT2D eigenvalue weighted by Crippen LogP contribution is 2.41. The Morgan fingerprint density at radius 1 is 1.15 bits per heavy atom. The molecule has 0 bridgehead atoms. The lowest BCUT2D eigenvalue weighted by Crippen LogP contribution is -2.40. The highest BCUT2D eigenvalue weighted by molar-refractivity contribution is 7.13. The van der Waals surface area contributed by atoms with E-state index in [0.717, 1.165) is 24.9 Å². The Balaban J connectivity index is 1.70. The molecule has 1 unspecified atom stereocenters. The highest BCUT2D eigenvalue weighted by atomic mass is 32.1. The molecule has 132 valence electrons. The van der Waals surface area contributed by atoms with Crippen molar-refractivity contribution in [1.82, 2.24) is 10.2 Å². The molecule has 0 N–H and O–H groups in total. The predicted octanol–water partition coefficient (Wildman–Crippen LogP) is 4.57. The summed E-state index contributed by atoms with van der Waals surface area (Å²) >= 11 is 1.38. The Labute approximate surface area is 157 Å². The average Bonchev–Trinajstić information content (AvgIpc) is 3.29. The zero-order valence-electron chi connectivity index (χ0n) is 15.0. The molecule has 1 amide bonds. The molecule has 26 heavy (non-hydrogen) atoms. The molecule has 4 nitrogen and oxygen atoms in total. The van der Waals surface area contributed by atoms with Crippen molar-refractivity contribution in [3.05, 3.63) is 70.7 Å². The quantitative estimate of drug-likeness (QED) is 0.682. The number of carbonyl (C=O) groups excluding carboxylic acids is 1. The molecule has 0 saturated heterocycles. The number of amides is 1. The van der Waals surface area contributed by atoms with Gasteiger partial charge in [-0.15, -0.1) is 10.2 Å². The third-order valence-electron chi connectivity index (χ3n) is 5.11. The molecule has 0 radical (unpaired) electrons. The predicted molar refractivity (Wildman–Crippen MR) is 105 cm³/mol. The first kappa shape index (κ1) is 16.9. The molecule has 1 aliphatic rings. The van der Waals surface area contributed by atoms with E-state index in [-0.39, 0.29) is 5.91 Å². The van der Waals surface area contributed by atoms with Gasteiger partial charge in [-0.1, -0.05) is 61.6 Å². The van der Waals surface area contributed by atoms with E-state index >= 15 is 0 Å². The SMILES string of the molecule is CCc1ccc2c(c1)CC(C)(C(=O)N(c1ccccc1)c1nncs1)C2. The molecule has 4 rings (SSSR count). The van der Waals surface area contributed by atoms with E-state index in [0.29, 0.717) is 5.13 Å². The first-order chi connectivity index (χ1) is 12.6. The van der Waals surface area contributed by atoms with Gasteiger partial charge in [0.1, 0.15) is 5.51 Å². The van der Waals surface area contributed by atoms with Crippen LogP contribution in [0.25, 0.3) is 0 Å². The van der Waals surface area contributed by atoms with Crippen LogP contribution < -0.4 is 4.90 Å². The standard InChI is InChI=1S/C21H21N3OS/c1-3-15-9-10-16-12-21(2,13-17(16)11-15)19(25)24(20-23-22-14-26-20)18-7-5-4-6-8-18/h4-11,14H,3,12-13H2,1-2H3. The van der Waals surface area contributed by atoms with Gasteiger partial charge in [0.2, 0.25) is 11.0 Å². The van der Waals surface area contributed by atoms with Crippen LogP contribution in [0.1, 0.15) is 30.5 Å². The van der Waals surface area contributed by atoms with Gasteiger partial charge in [0.05, 0.1) is 11.1 Å². The number of hydrogen-bond donors (Lipinski definition) is 0. The summed E-state index contributed by atoms with van der Waals surface area (Å²) < 4.78 is 0. The molecule has 0 aliphatic heterocycles. The molecule has 1 atom stereocenters. The van der Waals surface area contributed by atoms with Gasteiger partial charge in [-0.2, -0.15) is 0 Å². The molecule has 0 saturated carbocycles. The molecule has 0 fully saturated rings. The summed E-state index contributed by atoms with van der Waals surface area (Å²) in [7, 11) is 0. The Morgan fingerprint density at radius 2 is 1.92 bits per heavy atom. The molecular formula is C21H21N3OS. The number of nitrogens with zero attached hydrogens (tertiary/aromatic N) is 3. The minimum atomic E-state index is -0.476. The Hall–Kier alpha value is -2.53. The van der Waals surface area contributed by atoms with Gasteiger partial charge < -0.3 is 0 Å². The van der Waals surface area contributed by atoms with Crippen LogP contribution in [0, 0.1) is 5.41 Å². The van der Waals surface area contributed by atoms with Gasteiger partial charge in [0.15, 0.2) is 0 Å². The maximum atomic E-state index is 13.7. The van der Waals surface area contributed by atoms with Crippen molar-refractivity contribution in [1.29, 1.82) is 0 Å². The van der Waals surface area contributed by atoms with Crippen molar-refractivity contribution >= 4 is 28.1 Å². The number of carbonyl (C=O) groups is 1. The van der Waals surface area contributed by atoms with Crippen LogP contribution in [-0.2, 0) is 24.1 Å². The molecule has 1 aromatic heterocycles. The van der Waals surface area contributed by atoms with Gasteiger partial charge in [0, 0.05) is 0 Å². The van der Waals surface area contributed by atoms with Gasteiger partial charge in [-0.3, -0.25) is 9.69 Å². The Bertz CT molecular complexity index is 924. The number of aryl methyl sites for hydroxylation is 1. The van der Waals surface area contributed by atoms with Crippen LogP contribution in [0.2, 0.25) is 0 Å². The van der Waals surface area contributed by atoms with Crippen LogP contribution in [0.3, 0.4) is 0 Å². The number of anilines is 2. The van der Waals surface area contributed by atoms with E-state index in [4.69, 9.17) is 0 Å². The number of benzene rings is 2. The molecule has 3 aromatic rings. The molecule has 0 spiro atoms. The third kappa shape index (κ3) is 2.92. The van der Waals surface area contributed by atoms with Crippen molar-refractivity contribution in [2.24, 2.45) is 5.41 Å². The maximum absolute atomic E-state index is 13.7. The van der Waals surface area contributed by atoms with E-state index in [2.05, 4.69) is 42.2 Å². The summed E-state index contributed by atoms with van der Waals surface area (Å²) in [5, 5.41) is 8.72. The average molecular weight is 363 g/mol. The van der Waals surface area contributed by atoms with Crippen molar-refractivity contribution < 1.29 is 4.79 Å². The summed E-state index contributed by atoms with van der Waals surface area (Å²) in [6, 6.07) is 16.3. The van der Waals surface area contributed by atoms with Gasteiger partial charge in [-0.25, -0.2) is 0 Å².